The van der Waals surface area contributed by atoms with Gasteiger partial charge in [-0.05, 0) is 18.6 Å². The van der Waals surface area contributed by atoms with Crippen LogP contribution in [0.3, 0.4) is 0 Å². The van der Waals surface area contributed by atoms with Crippen molar-refractivity contribution in [3.63, 3.8) is 0 Å². The van der Waals surface area contributed by atoms with Crippen molar-refractivity contribution in [3.05, 3.63) is 29.3 Å². The van der Waals surface area contributed by atoms with Gasteiger partial charge in [0.25, 0.3) is 0 Å². The summed E-state index contributed by atoms with van der Waals surface area (Å²) in [6, 6.07) is 5.07. The van der Waals surface area contributed by atoms with E-state index in [0.717, 1.165) is 5.56 Å². The third-order valence-corrected chi connectivity index (χ3v) is 3.55. The molecule has 1 aromatic rings. The van der Waals surface area contributed by atoms with Gasteiger partial charge in [0.15, 0.2) is 0 Å². The number of aryl methyl sites for hydroxylation is 1. The lowest BCUT2D eigenvalue weighted by molar-refractivity contribution is -0.131. The summed E-state index contributed by atoms with van der Waals surface area (Å²) in [6.45, 7) is 3.05. The predicted octanol–water partition coefficient (Wildman–Crippen LogP) is 2.25. The first-order valence-corrected chi connectivity index (χ1v) is 6.76. The number of hydrogen-bond acceptors (Lipinski definition) is 4. The van der Waals surface area contributed by atoms with Gasteiger partial charge < -0.3 is 14.2 Å². The van der Waals surface area contributed by atoms with E-state index in [4.69, 9.17) is 4.74 Å². The maximum absolute atomic E-state index is 11.5. The van der Waals surface area contributed by atoms with Crippen molar-refractivity contribution >= 4 is 13.6 Å². The fourth-order valence-corrected chi connectivity index (χ4v) is 2.33. The minimum atomic E-state index is -3.68. The predicted molar refractivity (Wildman–Crippen MR) is 63.0 cm³/mol. The summed E-state index contributed by atoms with van der Waals surface area (Å²) in [5.74, 6) is -0.175. The number of hydrogen-bond donors (Lipinski definition) is 1. The molecule has 1 atom stereocenters. The Morgan fingerprint density at radius 2 is 2.12 bits per heavy atom. The highest BCUT2D eigenvalue weighted by Crippen LogP contribution is 2.47. The van der Waals surface area contributed by atoms with Crippen molar-refractivity contribution in [3.8, 4) is 5.75 Å². The molecule has 0 aromatic heterocycles. The van der Waals surface area contributed by atoms with Crippen molar-refractivity contribution in [2.24, 2.45) is 0 Å². The van der Waals surface area contributed by atoms with Crippen molar-refractivity contribution in [2.75, 3.05) is 7.11 Å². The summed E-state index contributed by atoms with van der Waals surface area (Å²) >= 11 is 0. The summed E-state index contributed by atoms with van der Waals surface area (Å²) in [6.07, 6.45) is -0.182. The number of benzene rings is 1. The molecule has 0 saturated carbocycles. The van der Waals surface area contributed by atoms with Crippen LogP contribution in [-0.4, -0.2) is 18.0 Å². The van der Waals surface area contributed by atoms with E-state index in [0.29, 0.717) is 11.3 Å². The Kier molecular flexibility index (Phi) is 4.46. The van der Waals surface area contributed by atoms with Gasteiger partial charge in [0, 0.05) is 19.6 Å². The van der Waals surface area contributed by atoms with Gasteiger partial charge in [-0.1, -0.05) is 12.1 Å². The molecule has 1 rings (SSSR count). The molecule has 6 heteroatoms. The van der Waals surface area contributed by atoms with Gasteiger partial charge in [-0.3, -0.25) is 9.36 Å². The van der Waals surface area contributed by atoms with Crippen molar-refractivity contribution in [2.45, 2.75) is 20.0 Å². The minimum Gasteiger partial charge on any atom is -0.426 e. The smallest absolute Gasteiger partial charge is 0.332 e. The van der Waals surface area contributed by atoms with Crippen LogP contribution in [0.25, 0.3) is 0 Å². The lowest BCUT2D eigenvalue weighted by atomic mass is 10.1. The van der Waals surface area contributed by atoms with Crippen LogP contribution in [-0.2, 0) is 20.0 Å². The van der Waals surface area contributed by atoms with Gasteiger partial charge in [0.1, 0.15) is 5.75 Å². The zero-order chi connectivity index (χ0) is 13.1. The normalized spacial score (nSPS) is 14.1. The first kappa shape index (κ1) is 13.9. The zero-order valence-electron chi connectivity index (χ0n) is 9.97. The SMILES string of the molecule is COP(=O)(O)Cc1c(C)cccc1OC(C)=O. The van der Waals surface area contributed by atoms with Crippen LogP contribution in [0.5, 0.6) is 5.75 Å². The molecule has 17 heavy (non-hydrogen) atoms. The molecule has 0 aliphatic carbocycles. The quantitative estimate of drug-likeness (QED) is 0.509. The van der Waals surface area contributed by atoms with Crippen LogP contribution in [0, 0.1) is 6.92 Å². The Morgan fingerprint density at radius 3 is 2.65 bits per heavy atom. The summed E-state index contributed by atoms with van der Waals surface area (Å²) in [4.78, 5) is 20.4. The average Bonchev–Trinajstić information content (AvgIpc) is 2.22. The molecule has 0 spiro atoms. The first-order valence-electron chi connectivity index (χ1n) is 5.00. The number of carbonyl (C=O) groups is 1. The van der Waals surface area contributed by atoms with E-state index >= 15 is 0 Å². The van der Waals surface area contributed by atoms with Crippen molar-refractivity contribution in [1.82, 2.24) is 0 Å². The molecule has 0 aliphatic heterocycles. The Labute approximate surface area is 99.9 Å². The van der Waals surface area contributed by atoms with Crippen LogP contribution < -0.4 is 4.74 Å². The number of esters is 1. The second-order valence-corrected chi connectivity index (χ2v) is 5.58. The van der Waals surface area contributed by atoms with Crippen LogP contribution in [0.1, 0.15) is 18.1 Å². The molecule has 0 fully saturated rings. The summed E-state index contributed by atoms with van der Waals surface area (Å²) in [5.41, 5.74) is 1.28. The van der Waals surface area contributed by atoms with E-state index < -0.39 is 13.6 Å². The Hall–Kier alpha value is -1.16. The van der Waals surface area contributed by atoms with Gasteiger partial charge in [-0.15, -0.1) is 0 Å². The van der Waals surface area contributed by atoms with E-state index in [-0.39, 0.29) is 6.16 Å². The second kappa shape index (κ2) is 5.45. The fourth-order valence-electron chi connectivity index (χ4n) is 1.39. The van der Waals surface area contributed by atoms with Gasteiger partial charge in [0.05, 0.1) is 6.16 Å². The Bertz CT molecular complexity index is 469. The minimum absolute atomic E-state index is 0.182. The molecule has 0 aliphatic rings. The van der Waals surface area contributed by atoms with E-state index in [9.17, 15) is 14.3 Å². The molecule has 5 nitrogen and oxygen atoms in total. The number of ether oxygens (including phenoxy) is 1. The Balaban J connectivity index is 3.12. The molecule has 1 unspecified atom stereocenters. The highest BCUT2D eigenvalue weighted by atomic mass is 31.2. The molecule has 1 aromatic carbocycles. The molecule has 0 amide bonds. The van der Waals surface area contributed by atoms with Crippen LogP contribution >= 0.6 is 7.60 Å². The van der Waals surface area contributed by atoms with E-state index in [1.54, 1.807) is 25.1 Å². The molecule has 0 bridgehead atoms. The fraction of sp³-hybridized carbons (Fsp3) is 0.364. The van der Waals surface area contributed by atoms with E-state index in [2.05, 4.69) is 4.52 Å². The molecular formula is C11H15O5P. The van der Waals surface area contributed by atoms with E-state index in [1.807, 2.05) is 0 Å². The molecule has 1 N–H and O–H groups in total. The van der Waals surface area contributed by atoms with Crippen molar-refractivity contribution in [1.29, 1.82) is 0 Å². The zero-order valence-corrected chi connectivity index (χ0v) is 10.9. The maximum Gasteiger partial charge on any atom is 0.332 e. The van der Waals surface area contributed by atoms with Gasteiger partial charge in [-0.2, -0.15) is 0 Å². The third kappa shape index (κ3) is 3.97. The first-order chi connectivity index (χ1) is 7.85. The monoisotopic (exact) mass is 258 g/mol. The van der Waals surface area contributed by atoms with Gasteiger partial charge in [-0.25, -0.2) is 0 Å². The lowest BCUT2D eigenvalue weighted by Gasteiger charge is -2.14. The standard InChI is InChI=1S/C11H15O5P/c1-8-5-4-6-11(16-9(2)12)10(8)7-17(13,14)15-3/h4-6H,7H2,1-3H3,(H,13,14). The lowest BCUT2D eigenvalue weighted by Crippen LogP contribution is -2.05. The highest BCUT2D eigenvalue weighted by molar-refractivity contribution is 7.51. The summed E-state index contributed by atoms with van der Waals surface area (Å²) < 4.78 is 21.1. The summed E-state index contributed by atoms with van der Waals surface area (Å²) in [7, 11) is -2.51. The third-order valence-electron chi connectivity index (χ3n) is 2.26. The Morgan fingerprint density at radius 1 is 1.47 bits per heavy atom. The molecule has 0 saturated heterocycles. The van der Waals surface area contributed by atoms with Gasteiger partial charge >= 0.3 is 13.6 Å². The molecule has 94 valence electrons. The number of rotatable bonds is 4. The topological polar surface area (TPSA) is 72.8 Å². The molecule has 0 heterocycles. The number of carbonyl (C=O) groups excluding carboxylic acids is 1. The largest absolute Gasteiger partial charge is 0.426 e. The van der Waals surface area contributed by atoms with Crippen LogP contribution in [0.4, 0.5) is 0 Å². The average molecular weight is 258 g/mol. The molecular weight excluding hydrogens is 243 g/mol. The van der Waals surface area contributed by atoms with Crippen LogP contribution in [0.2, 0.25) is 0 Å². The molecule has 0 radical (unpaired) electrons. The van der Waals surface area contributed by atoms with Crippen LogP contribution in [0.15, 0.2) is 18.2 Å². The van der Waals surface area contributed by atoms with E-state index in [1.165, 1.54) is 14.0 Å². The highest BCUT2D eigenvalue weighted by Gasteiger charge is 2.22. The van der Waals surface area contributed by atoms with Crippen molar-refractivity contribution < 1.29 is 23.5 Å². The maximum atomic E-state index is 11.5. The summed E-state index contributed by atoms with van der Waals surface area (Å²) in [5, 5.41) is 0. The second-order valence-electron chi connectivity index (χ2n) is 3.62. The van der Waals surface area contributed by atoms with Gasteiger partial charge in [0.2, 0.25) is 0 Å².